The van der Waals surface area contributed by atoms with Crippen LogP contribution in [0.5, 0.6) is 0 Å². The quantitative estimate of drug-likeness (QED) is 0.398. The van der Waals surface area contributed by atoms with Crippen molar-refractivity contribution in [2.24, 2.45) is 0 Å². The molecule has 0 fully saturated rings. The van der Waals surface area contributed by atoms with Gasteiger partial charge in [-0.05, 0) is 0 Å². The number of hydrogen-bond donors (Lipinski definition) is 2. The van der Waals surface area contributed by atoms with E-state index >= 15 is 0 Å². The van der Waals surface area contributed by atoms with Gasteiger partial charge in [-0.1, -0.05) is 0 Å². The summed E-state index contributed by atoms with van der Waals surface area (Å²) in [5.74, 6) is -1.19. The lowest BCUT2D eigenvalue weighted by atomic mass is 11.7. The lowest BCUT2D eigenvalue weighted by Crippen LogP contribution is -1.98. The van der Waals surface area contributed by atoms with Crippen LogP contribution in [0.3, 0.4) is 0 Å². The van der Waals surface area contributed by atoms with E-state index in [9.17, 15) is 0 Å². The highest BCUT2D eigenvalue weighted by molar-refractivity contribution is 5.67. The van der Waals surface area contributed by atoms with Crippen molar-refractivity contribution >= 4 is 5.97 Å². The SMILES string of the molecule is O=[13C](O)[13CH2]O. The van der Waals surface area contributed by atoms with E-state index in [0.717, 1.165) is 0 Å². The molecule has 0 aromatic carbocycles. The fraction of sp³-hybridized carbons (Fsp3) is 0.500. The molecule has 0 heterocycles. The van der Waals surface area contributed by atoms with Crippen LogP contribution in [0.15, 0.2) is 0 Å². The Morgan fingerprint density at radius 2 is 2.00 bits per heavy atom. The molecule has 0 saturated carbocycles. The molecule has 0 spiro atoms. The van der Waals surface area contributed by atoms with Gasteiger partial charge in [0.25, 0.3) is 0 Å². The number of carboxylic acid groups (broad SMARTS) is 1. The van der Waals surface area contributed by atoms with Crippen LogP contribution < -0.4 is 0 Å². The summed E-state index contributed by atoms with van der Waals surface area (Å²) < 4.78 is 0. The number of rotatable bonds is 1. The molecule has 30 valence electrons. The second-order valence-corrected chi connectivity index (χ2v) is 0.552. The molecule has 0 aliphatic rings. The highest BCUT2D eigenvalue weighted by Crippen LogP contribution is 1.48. The second-order valence-electron chi connectivity index (χ2n) is 0.552. The third-order valence-electron chi connectivity index (χ3n) is 0.135. The van der Waals surface area contributed by atoms with E-state index in [2.05, 4.69) is 0 Å². The molecule has 0 aromatic rings. The third kappa shape index (κ3) is 3.43. The van der Waals surface area contributed by atoms with Crippen LogP contribution in [0.1, 0.15) is 0 Å². The van der Waals surface area contributed by atoms with Crippen molar-refractivity contribution in [1.82, 2.24) is 0 Å². The summed E-state index contributed by atoms with van der Waals surface area (Å²) in [7, 11) is 0. The molecule has 0 aliphatic carbocycles. The van der Waals surface area contributed by atoms with Crippen molar-refractivity contribution in [3.63, 3.8) is 0 Å². The van der Waals surface area contributed by atoms with Crippen molar-refractivity contribution in [3.05, 3.63) is 0 Å². The van der Waals surface area contributed by atoms with E-state index in [-0.39, 0.29) is 0 Å². The highest BCUT2D eigenvalue weighted by Gasteiger charge is 1.82. The molecule has 3 heteroatoms. The van der Waals surface area contributed by atoms with Gasteiger partial charge in [-0.3, -0.25) is 0 Å². The smallest absolute Gasteiger partial charge is 0.329 e. The molecule has 0 radical (unpaired) electrons. The molecule has 0 aromatic heterocycles. The fourth-order valence-corrected chi connectivity index (χ4v) is 0. The first kappa shape index (κ1) is 4.43. The van der Waals surface area contributed by atoms with Crippen LogP contribution in [0.25, 0.3) is 0 Å². The minimum atomic E-state index is -1.19. The molecule has 0 atom stereocenters. The zero-order chi connectivity index (χ0) is 4.28. The third-order valence-corrected chi connectivity index (χ3v) is 0.135. The largest absolute Gasteiger partial charge is 0.480 e. The first-order chi connectivity index (χ1) is 2.27. The average molecular weight is 78.0 g/mol. The Morgan fingerprint density at radius 1 is 1.80 bits per heavy atom. The summed E-state index contributed by atoms with van der Waals surface area (Å²) in [4.78, 5) is 9.12. The number of carbonyl (C=O) groups is 1. The summed E-state index contributed by atoms with van der Waals surface area (Å²) in [5.41, 5.74) is 0. The van der Waals surface area contributed by atoms with Gasteiger partial charge in [0.2, 0.25) is 0 Å². The summed E-state index contributed by atoms with van der Waals surface area (Å²) in [6, 6.07) is 0. The van der Waals surface area contributed by atoms with Crippen LogP contribution >= 0.6 is 0 Å². The summed E-state index contributed by atoms with van der Waals surface area (Å²) in [6.07, 6.45) is 0. The van der Waals surface area contributed by atoms with Gasteiger partial charge in [0.1, 0.15) is 6.61 Å². The molecule has 0 aliphatic heterocycles. The van der Waals surface area contributed by atoms with Gasteiger partial charge in [-0.15, -0.1) is 0 Å². The van der Waals surface area contributed by atoms with Gasteiger partial charge in [0.15, 0.2) is 0 Å². The molecule has 0 bridgehead atoms. The van der Waals surface area contributed by atoms with Gasteiger partial charge in [-0.2, -0.15) is 0 Å². The van der Waals surface area contributed by atoms with Crippen LogP contribution in [0.2, 0.25) is 0 Å². The van der Waals surface area contributed by atoms with Gasteiger partial charge >= 0.3 is 5.97 Å². The summed E-state index contributed by atoms with van der Waals surface area (Å²) in [6.45, 7) is -0.778. The van der Waals surface area contributed by atoms with Crippen LogP contribution in [0.4, 0.5) is 0 Å². The van der Waals surface area contributed by atoms with Crippen molar-refractivity contribution < 1.29 is 15.0 Å². The Balaban J connectivity index is 2.85. The molecular formula is C2H4O3. The summed E-state index contributed by atoms with van der Waals surface area (Å²) >= 11 is 0. The fourth-order valence-electron chi connectivity index (χ4n) is 0. The maximum atomic E-state index is 9.12. The van der Waals surface area contributed by atoms with Crippen molar-refractivity contribution in [2.75, 3.05) is 6.61 Å². The minimum Gasteiger partial charge on any atom is -0.480 e. The van der Waals surface area contributed by atoms with E-state index in [1.54, 1.807) is 0 Å². The molecular weight excluding hydrogens is 74.0 g/mol. The van der Waals surface area contributed by atoms with Gasteiger partial charge < -0.3 is 10.2 Å². The lowest BCUT2D eigenvalue weighted by Gasteiger charge is -1.72. The standard InChI is InChI=1S/C2H4O3/c3-1-2(4)5/h3H,1H2,(H,4,5)/i1+1,2+1. The van der Waals surface area contributed by atoms with E-state index in [1.807, 2.05) is 0 Å². The lowest BCUT2D eigenvalue weighted by molar-refractivity contribution is -0.140. The molecule has 2 N–H and O–H groups in total. The van der Waals surface area contributed by atoms with Crippen molar-refractivity contribution in [3.8, 4) is 0 Å². The average Bonchev–Trinajstić information content (AvgIpc) is 1.38. The first-order valence-electron chi connectivity index (χ1n) is 1.10. The van der Waals surface area contributed by atoms with Crippen LogP contribution in [-0.2, 0) is 4.79 Å². The number of aliphatic hydroxyl groups excluding tert-OH is 1. The molecule has 3 nitrogen and oxygen atoms in total. The predicted molar refractivity (Wildman–Crippen MR) is 14.7 cm³/mol. The Morgan fingerprint density at radius 3 is 2.00 bits per heavy atom. The highest BCUT2D eigenvalue weighted by atomic mass is 16.5. The van der Waals surface area contributed by atoms with Crippen LogP contribution in [-0.4, -0.2) is 22.8 Å². The predicted octanol–water partition coefficient (Wildman–Crippen LogP) is -0.937. The Kier molecular flexibility index (Phi) is 1.53. The summed E-state index contributed by atoms with van der Waals surface area (Å²) in [5, 5.41) is 15.0. The van der Waals surface area contributed by atoms with E-state index in [4.69, 9.17) is 15.0 Å². The van der Waals surface area contributed by atoms with E-state index in [0.29, 0.717) is 0 Å². The minimum absolute atomic E-state index is 0.778. The normalized spacial score (nSPS) is 7.40. The Bertz CT molecular complexity index is 40.2. The van der Waals surface area contributed by atoms with Gasteiger partial charge in [0.05, 0.1) is 0 Å². The second kappa shape index (κ2) is 1.72. The van der Waals surface area contributed by atoms with Crippen molar-refractivity contribution in [2.45, 2.75) is 0 Å². The zero-order valence-electron chi connectivity index (χ0n) is 2.51. The Labute approximate surface area is 28.9 Å². The number of aliphatic hydroxyl groups is 1. The maximum Gasteiger partial charge on any atom is 0.329 e. The zero-order valence-corrected chi connectivity index (χ0v) is 2.51. The Hall–Kier alpha value is -0.570. The monoisotopic (exact) mass is 78.0 g/mol. The molecule has 5 heavy (non-hydrogen) atoms. The first-order valence-corrected chi connectivity index (χ1v) is 1.10. The molecule has 0 rings (SSSR count). The molecule has 0 saturated heterocycles. The van der Waals surface area contributed by atoms with E-state index in [1.165, 1.54) is 0 Å². The van der Waals surface area contributed by atoms with Crippen molar-refractivity contribution in [1.29, 1.82) is 0 Å². The number of aliphatic carboxylic acids is 1. The topological polar surface area (TPSA) is 57.5 Å². The van der Waals surface area contributed by atoms with Crippen LogP contribution in [0, 0.1) is 0 Å². The maximum absolute atomic E-state index is 9.12. The van der Waals surface area contributed by atoms with Gasteiger partial charge in [-0.25, -0.2) is 4.79 Å². The molecule has 0 amide bonds. The molecule has 0 unspecified atom stereocenters. The van der Waals surface area contributed by atoms with E-state index < -0.39 is 12.6 Å². The number of carboxylic acids is 1. The number of hydrogen-bond acceptors (Lipinski definition) is 2. The van der Waals surface area contributed by atoms with Gasteiger partial charge in [0, 0.05) is 0 Å².